The van der Waals surface area contributed by atoms with Gasteiger partial charge in [-0.05, 0) is 38.8 Å². The van der Waals surface area contributed by atoms with Crippen molar-refractivity contribution < 1.29 is 26.8 Å². The molecule has 3 fully saturated rings. The van der Waals surface area contributed by atoms with Gasteiger partial charge in [-0.1, -0.05) is 0 Å². The molecule has 3 rings (SSSR count). The molecule has 11 nitrogen and oxygen atoms in total. The van der Waals surface area contributed by atoms with Gasteiger partial charge >= 0.3 is 16.4 Å². The van der Waals surface area contributed by atoms with E-state index in [0.717, 1.165) is 25.9 Å². The normalized spacial score (nSPS) is 28.3. The van der Waals surface area contributed by atoms with Crippen molar-refractivity contribution in [3.05, 3.63) is 0 Å². The van der Waals surface area contributed by atoms with E-state index >= 15 is 0 Å². The van der Waals surface area contributed by atoms with E-state index in [9.17, 15) is 18.0 Å². The van der Waals surface area contributed by atoms with Gasteiger partial charge in [-0.25, -0.2) is 10.2 Å². The molecule has 0 saturated carbocycles. The summed E-state index contributed by atoms with van der Waals surface area (Å²) in [6.45, 7) is 1.94. The van der Waals surface area contributed by atoms with Crippen LogP contribution in [-0.4, -0.2) is 72.6 Å². The van der Waals surface area contributed by atoms with Gasteiger partial charge in [-0.15, -0.1) is 4.28 Å². The molecule has 0 unspecified atom stereocenters. The van der Waals surface area contributed by atoms with Crippen molar-refractivity contribution in [2.45, 2.75) is 43.8 Å². The van der Waals surface area contributed by atoms with Crippen LogP contribution in [0.25, 0.3) is 0 Å². The van der Waals surface area contributed by atoms with Gasteiger partial charge in [0.1, 0.15) is 6.04 Å². The second kappa shape index (κ2) is 6.80. The maximum atomic E-state index is 12.4. The van der Waals surface area contributed by atoms with Crippen LogP contribution in [0.1, 0.15) is 25.7 Å². The summed E-state index contributed by atoms with van der Waals surface area (Å²) in [6, 6.07) is -1.75. The smallest absolute Gasteiger partial charge is 0.317 e. The van der Waals surface area contributed by atoms with Crippen LogP contribution < -0.4 is 16.2 Å². The van der Waals surface area contributed by atoms with E-state index < -0.39 is 28.5 Å². The quantitative estimate of drug-likeness (QED) is 0.337. The van der Waals surface area contributed by atoms with E-state index in [-0.39, 0.29) is 18.5 Å². The summed E-state index contributed by atoms with van der Waals surface area (Å²) in [6.07, 6.45) is 2.59. The van der Waals surface area contributed by atoms with E-state index in [1.807, 2.05) is 0 Å². The Labute approximate surface area is 139 Å². The van der Waals surface area contributed by atoms with Gasteiger partial charge in [0.2, 0.25) is 0 Å². The average Bonchev–Trinajstić information content (AvgIpc) is 2.77. The first-order valence-electron chi connectivity index (χ1n) is 7.88. The molecule has 0 aromatic rings. The average molecular weight is 363 g/mol. The van der Waals surface area contributed by atoms with Gasteiger partial charge in [0, 0.05) is 12.6 Å². The van der Waals surface area contributed by atoms with Crippen molar-refractivity contribution in [3.8, 4) is 0 Å². The number of carbonyl (C=O) groups is 2. The second-order valence-corrected chi connectivity index (χ2v) is 7.17. The highest BCUT2D eigenvalue weighted by Crippen LogP contribution is 2.30. The summed E-state index contributed by atoms with van der Waals surface area (Å²) in [5, 5.41) is 3.85. The summed E-state index contributed by atoms with van der Waals surface area (Å²) in [5.41, 5.74) is 5.63. The molecule has 4 N–H and O–H groups in total. The number of hydrazine groups is 1. The number of hydrogen-bond donors (Lipinski definition) is 4. The summed E-state index contributed by atoms with van der Waals surface area (Å²) >= 11 is 0. The lowest BCUT2D eigenvalue weighted by Gasteiger charge is -2.30. The zero-order valence-corrected chi connectivity index (χ0v) is 13.8. The lowest BCUT2D eigenvalue weighted by atomic mass is 10.0. The third-order valence-electron chi connectivity index (χ3n) is 4.54. The highest BCUT2D eigenvalue weighted by atomic mass is 32.3. The monoisotopic (exact) mass is 363 g/mol. The van der Waals surface area contributed by atoms with E-state index in [1.165, 1.54) is 4.90 Å². The first kappa shape index (κ1) is 17.4. The third-order valence-corrected chi connectivity index (χ3v) is 4.89. The molecule has 136 valence electrons. The Balaban J connectivity index is 1.58. The van der Waals surface area contributed by atoms with E-state index in [2.05, 4.69) is 20.5 Å². The van der Waals surface area contributed by atoms with Crippen molar-refractivity contribution in [3.63, 3.8) is 0 Å². The number of piperidine rings is 2. The molecular formula is C12H21N5O6S. The highest BCUT2D eigenvalue weighted by Gasteiger charge is 2.49. The fourth-order valence-electron chi connectivity index (χ4n) is 3.33. The van der Waals surface area contributed by atoms with Crippen LogP contribution in [0, 0.1) is 0 Å². The summed E-state index contributed by atoms with van der Waals surface area (Å²) in [7, 11) is -4.78. The van der Waals surface area contributed by atoms with Crippen LogP contribution >= 0.6 is 0 Å². The zero-order valence-electron chi connectivity index (χ0n) is 13.0. The minimum absolute atomic E-state index is 0.180. The highest BCUT2D eigenvalue weighted by molar-refractivity contribution is 7.80. The predicted octanol–water partition coefficient (Wildman–Crippen LogP) is -1.64. The standard InChI is InChI=1S/C12H21N5O6S/c18-11(15-14-8-3-5-13-6-4-8)10-2-1-9-7-16(10)12(19)17(9)23-24(20,21)22/h8-10,13-14H,1-7H2,(H,15,18)(H,20,21,22)/t9-,10+/m0/s1. The molecule has 3 amide bonds. The van der Waals surface area contributed by atoms with Gasteiger partial charge < -0.3 is 10.2 Å². The minimum atomic E-state index is -4.78. The molecule has 12 heteroatoms. The fourth-order valence-corrected chi connectivity index (χ4v) is 3.72. The lowest BCUT2D eigenvalue weighted by molar-refractivity contribution is -0.127. The molecule has 3 aliphatic heterocycles. The zero-order chi connectivity index (χ0) is 17.3. The first-order valence-corrected chi connectivity index (χ1v) is 9.24. The molecule has 3 saturated heterocycles. The van der Waals surface area contributed by atoms with Crippen molar-refractivity contribution in [2.75, 3.05) is 19.6 Å². The Morgan fingerprint density at radius 2 is 1.96 bits per heavy atom. The van der Waals surface area contributed by atoms with Crippen molar-refractivity contribution >= 4 is 22.3 Å². The lowest BCUT2D eigenvalue weighted by Crippen LogP contribution is -2.56. The van der Waals surface area contributed by atoms with Crippen LogP contribution in [0.2, 0.25) is 0 Å². The molecule has 2 atom stereocenters. The molecular weight excluding hydrogens is 342 g/mol. The van der Waals surface area contributed by atoms with Crippen LogP contribution in [0.15, 0.2) is 0 Å². The van der Waals surface area contributed by atoms with Crippen LogP contribution in [-0.2, 0) is 19.5 Å². The predicted molar refractivity (Wildman–Crippen MR) is 80.6 cm³/mol. The molecule has 0 spiro atoms. The van der Waals surface area contributed by atoms with Crippen molar-refractivity contribution in [1.29, 1.82) is 0 Å². The molecule has 24 heavy (non-hydrogen) atoms. The third kappa shape index (κ3) is 3.78. The van der Waals surface area contributed by atoms with Crippen molar-refractivity contribution in [1.82, 2.24) is 26.1 Å². The largest absolute Gasteiger partial charge is 0.418 e. The maximum absolute atomic E-state index is 12.4. The number of fused-ring (bicyclic) bond motifs is 2. The minimum Gasteiger partial charge on any atom is -0.317 e. The van der Waals surface area contributed by atoms with Gasteiger partial charge in [-0.3, -0.25) is 14.8 Å². The number of urea groups is 1. The van der Waals surface area contributed by atoms with Gasteiger partial charge in [0.05, 0.1) is 6.04 Å². The van der Waals surface area contributed by atoms with E-state index in [1.54, 1.807) is 0 Å². The molecule has 0 aromatic carbocycles. The van der Waals surface area contributed by atoms with Gasteiger partial charge in [0.25, 0.3) is 5.91 Å². The molecule has 0 aromatic heterocycles. The number of amides is 3. The second-order valence-electron chi connectivity index (χ2n) is 6.17. The van der Waals surface area contributed by atoms with E-state index in [0.29, 0.717) is 17.9 Å². The van der Waals surface area contributed by atoms with Gasteiger partial charge in [0.15, 0.2) is 0 Å². The summed E-state index contributed by atoms with van der Waals surface area (Å²) in [4.78, 5) is 25.8. The van der Waals surface area contributed by atoms with Crippen LogP contribution in [0.4, 0.5) is 4.79 Å². The maximum Gasteiger partial charge on any atom is 0.418 e. The molecule has 0 aliphatic carbocycles. The van der Waals surface area contributed by atoms with Crippen molar-refractivity contribution in [2.24, 2.45) is 0 Å². The summed E-state index contributed by atoms with van der Waals surface area (Å²) < 4.78 is 34.8. The number of hydrogen-bond acceptors (Lipinski definition) is 7. The Bertz CT molecular complexity index is 607. The number of carbonyl (C=O) groups excluding carboxylic acids is 2. The van der Waals surface area contributed by atoms with Crippen LogP contribution in [0.3, 0.4) is 0 Å². The Kier molecular flexibility index (Phi) is 4.92. The van der Waals surface area contributed by atoms with E-state index in [4.69, 9.17) is 4.55 Å². The molecule has 2 bridgehead atoms. The fraction of sp³-hybridized carbons (Fsp3) is 0.833. The number of rotatable bonds is 5. The summed E-state index contributed by atoms with van der Waals surface area (Å²) in [5.74, 6) is -0.339. The topological polar surface area (TPSA) is 140 Å². The number of nitrogens with one attached hydrogen (secondary N) is 3. The molecule has 3 aliphatic rings. The Morgan fingerprint density at radius 3 is 2.62 bits per heavy atom. The number of hydroxylamine groups is 2. The van der Waals surface area contributed by atoms with Crippen LogP contribution in [0.5, 0.6) is 0 Å². The number of nitrogens with zero attached hydrogens (tertiary/aromatic N) is 2. The first-order chi connectivity index (χ1) is 11.3. The Morgan fingerprint density at radius 1 is 1.25 bits per heavy atom. The Hall–Kier alpha value is -1.47. The molecule has 3 heterocycles. The van der Waals surface area contributed by atoms with Gasteiger partial charge in [-0.2, -0.15) is 13.5 Å². The molecule has 0 radical (unpaired) electrons. The SMILES string of the molecule is O=C(NNC1CCNCC1)[C@H]1CC[C@H]2CN1C(=O)N2OS(=O)(=O)O.